The minimum Gasteiger partial charge on any atom is -0.379 e. The van der Waals surface area contributed by atoms with E-state index in [0.29, 0.717) is 12.5 Å². The zero-order chi connectivity index (χ0) is 12.2. The second-order valence-corrected chi connectivity index (χ2v) is 5.91. The van der Waals surface area contributed by atoms with Crippen LogP contribution in [-0.2, 0) is 0 Å². The fraction of sp³-hybridized carbons (Fsp3) is 0.538. The fourth-order valence-corrected chi connectivity index (χ4v) is 2.40. The molecule has 3 heteroatoms. The number of rotatable bonds is 5. The SMILES string of the molecule is CC(C)CC(C)(CN)Nc1cccc(Br)c1. The first-order valence-corrected chi connectivity index (χ1v) is 6.48. The molecule has 0 heterocycles. The summed E-state index contributed by atoms with van der Waals surface area (Å²) in [6, 6.07) is 8.19. The van der Waals surface area contributed by atoms with E-state index in [9.17, 15) is 0 Å². The first-order valence-electron chi connectivity index (χ1n) is 5.69. The molecule has 0 aliphatic rings. The number of nitrogens with two attached hydrogens (primary N) is 1. The van der Waals surface area contributed by atoms with Gasteiger partial charge in [0.05, 0.1) is 0 Å². The van der Waals surface area contributed by atoms with Gasteiger partial charge in [0, 0.05) is 22.2 Å². The van der Waals surface area contributed by atoms with E-state index < -0.39 is 0 Å². The van der Waals surface area contributed by atoms with Gasteiger partial charge < -0.3 is 11.1 Å². The molecule has 0 spiro atoms. The van der Waals surface area contributed by atoms with Crippen LogP contribution in [0.4, 0.5) is 5.69 Å². The molecule has 1 aromatic carbocycles. The molecule has 0 radical (unpaired) electrons. The Morgan fingerprint density at radius 1 is 1.44 bits per heavy atom. The van der Waals surface area contributed by atoms with E-state index in [1.165, 1.54) is 0 Å². The molecule has 1 unspecified atom stereocenters. The van der Waals surface area contributed by atoms with Crippen molar-refractivity contribution in [2.75, 3.05) is 11.9 Å². The Kier molecular flexibility index (Phi) is 4.81. The summed E-state index contributed by atoms with van der Waals surface area (Å²) in [5.41, 5.74) is 6.95. The Labute approximate surface area is 107 Å². The quantitative estimate of drug-likeness (QED) is 0.867. The average molecular weight is 285 g/mol. The summed E-state index contributed by atoms with van der Waals surface area (Å²) in [5.74, 6) is 0.633. The standard InChI is InChI=1S/C13H21BrN2/c1-10(2)8-13(3,9-15)16-12-6-4-5-11(14)7-12/h4-7,10,16H,8-9,15H2,1-3H3. The molecule has 0 saturated heterocycles. The van der Waals surface area contributed by atoms with E-state index in [1.54, 1.807) is 0 Å². The first-order chi connectivity index (χ1) is 7.45. The number of benzene rings is 1. The molecule has 1 rings (SSSR count). The van der Waals surface area contributed by atoms with Crippen LogP contribution in [0.5, 0.6) is 0 Å². The van der Waals surface area contributed by atoms with Crippen molar-refractivity contribution in [2.45, 2.75) is 32.7 Å². The van der Waals surface area contributed by atoms with E-state index in [2.05, 4.69) is 54.2 Å². The van der Waals surface area contributed by atoms with Gasteiger partial charge in [0.2, 0.25) is 0 Å². The van der Waals surface area contributed by atoms with Crippen molar-refractivity contribution in [3.05, 3.63) is 28.7 Å². The summed E-state index contributed by atoms with van der Waals surface area (Å²) in [7, 11) is 0. The number of anilines is 1. The van der Waals surface area contributed by atoms with Crippen molar-refractivity contribution in [3.8, 4) is 0 Å². The van der Waals surface area contributed by atoms with Crippen molar-refractivity contribution < 1.29 is 0 Å². The molecule has 0 saturated carbocycles. The molecule has 0 aromatic heterocycles. The number of halogens is 1. The van der Waals surface area contributed by atoms with Gasteiger partial charge in [-0.3, -0.25) is 0 Å². The predicted molar refractivity (Wildman–Crippen MR) is 74.7 cm³/mol. The summed E-state index contributed by atoms with van der Waals surface area (Å²) >= 11 is 3.47. The molecule has 0 amide bonds. The van der Waals surface area contributed by atoms with Gasteiger partial charge in [-0.25, -0.2) is 0 Å². The van der Waals surface area contributed by atoms with E-state index >= 15 is 0 Å². The highest BCUT2D eigenvalue weighted by Crippen LogP contribution is 2.23. The third-order valence-electron chi connectivity index (χ3n) is 2.58. The normalized spacial score (nSPS) is 14.9. The lowest BCUT2D eigenvalue weighted by Gasteiger charge is -2.32. The van der Waals surface area contributed by atoms with Crippen LogP contribution in [0.15, 0.2) is 28.7 Å². The van der Waals surface area contributed by atoms with Crippen LogP contribution in [0.3, 0.4) is 0 Å². The van der Waals surface area contributed by atoms with Gasteiger partial charge in [-0.15, -0.1) is 0 Å². The Bertz CT molecular complexity index is 338. The van der Waals surface area contributed by atoms with Crippen LogP contribution in [0.25, 0.3) is 0 Å². The van der Waals surface area contributed by atoms with E-state index in [0.717, 1.165) is 16.6 Å². The molecule has 0 fully saturated rings. The molecule has 90 valence electrons. The van der Waals surface area contributed by atoms with Crippen molar-refractivity contribution in [2.24, 2.45) is 11.7 Å². The fourth-order valence-electron chi connectivity index (χ4n) is 2.00. The smallest absolute Gasteiger partial charge is 0.0470 e. The van der Waals surface area contributed by atoms with Crippen LogP contribution in [0, 0.1) is 5.92 Å². The molecule has 16 heavy (non-hydrogen) atoms. The summed E-state index contributed by atoms with van der Waals surface area (Å²) in [5, 5.41) is 3.52. The van der Waals surface area contributed by atoms with Gasteiger partial charge in [-0.2, -0.15) is 0 Å². The number of hydrogen-bond acceptors (Lipinski definition) is 2. The molecular weight excluding hydrogens is 264 g/mol. The summed E-state index contributed by atoms with van der Waals surface area (Å²) in [6.45, 7) is 7.25. The van der Waals surface area contributed by atoms with Crippen LogP contribution in [0.2, 0.25) is 0 Å². The van der Waals surface area contributed by atoms with Crippen LogP contribution < -0.4 is 11.1 Å². The summed E-state index contributed by atoms with van der Waals surface area (Å²) in [6.07, 6.45) is 1.07. The predicted octanol–water partition coefficient (Wildman–Crippen LogP) is 3.62. The zero-order valence-electron chi connectivity index (χ0n) is 10.3. The third-order valence-corrected chi connectivity index (χ3v) is 3.07. The van der Waals surface area contributed by atoms with Crippen LogP contribution in [-0.4, -0.2) is 12.1 Å². The molecule has 3 N–H and O–H groups in total. The molecule has 0 bridgehead atoms. The van der Waals surface area contributed by atoms with Crippen LogP contribution in [0.1, 0.15) is 27.2 Å². The second-order valence-electron chi connectivity index (χ2n) is 5.00. The highest BCUT2D eigenvalue weighted by molar-refractivity contribution is 9.10. The summed E-state index contributed by atoms with van der Waals surface area (Å²) < 4.78 is 1.08. The Morgan fingerprint density at radius 3 is 2.62 bits per heavy atom. The monoisotopic (exact) mass is 284 g/mol. The van der Waals surface area contributed by atoms with Gasteiger partial charge in [0.1, 0.15) is 0 Å². The minimum absolute atomic E-state index is 0.0328. The Hall–Kier alpha value is -0.540. The van der Waals surface area contributed by atoms with Crippen LogP contribution >= 0.6 is 15.9 Å². The number of nitrogens with one attached hydrogen (secondary N) is 1. The van der Waals surface area contributed by atoms with Gasteiger partial charge in [-0.05, 0) is 37.5 Å². The highest BCUT2D eigenvalue weighted by atomic mass is 79.9. The Morgan fingerprint density at radius 2 is 2.12 bits per heavy atom. The summed E-state index contributed by atoms with van der Waals surface area (Å²) in [4.78, 5) is 0. The van der Waals surface area contributed by atoms with E-state index in [-0.39, 0.29) is 5.54 Å². The maximum Gasteiger partial charge on any atom is 0.0470 e. The van der Waals surface area contributed by atoms with E-state index in [1.807, 2.05) is 12.1 Å². The average Bonchev–Trinajstić information content (AvgIpc) is 2.16. The lowest BCUT2D eigenvalue weighted by Crippen LogP contribution is -2.43. The third kappa shape index (κ3) is 4.14. The Balaban J connectivity index is 2.76. The molecule has 2 nitrogen and oxygen atoms in total. The lowest BCUT2D eigenvalue weighted by atomic mass is 9.90. The zero-order valence-corrected chi connectivity index (χ0v) is 11.8. The van der Waals surface area contributed by atoms with Gasteiger partial charge in [0.15, 0.2) is 0 Å². The first kappa shape index (κ1) is 13.5. The molecule has 0 aliphatic carbocycles. The van der Waals surface area contributed by atoms with Crippen molar-refractivity contribution in [1.82, 2.24) is 0 Å². The van der Waals surface area contributed by atoms with Crippen molar-refractivity contribution >= 4 is 21.6 Å². The van der Waals surface area contributed by atoms with Gasteiger partial charge in [0.25, 0.3) is 0 Å². The molecule has 1 aromatic rings. The van der Waals surface area contributed by atoms with E-state index in [4.69, 9.17) is 5.73 Å². The largest absolute Gasteiger partial charge is 0.379 e. The maximum atomic E-state index is 5.87. The topological polar surface area (TPSA) is 38.0 Å². The maximum absolute atomic E-state index is 5.87. The second kappa shape index (κ2) is 5.69. The van der Waals surface area contributed by atoms with Crippen molar-refractivity contribution in [1.29, 1.82) is 0 Å². The van der Waals surface area contributed by atoms with Gasteiger partial charge in [-0.1, -0.05) is 35.8 Å². The molecule has 1 atom stereocenters. The molecule has 0 aliphatic heterocycles. The highest BCUT2D eigenvalue weighted by Gasteiger charge is 2.23. The lowest BCUT2D eigenvalue weighted by molar-refractivity contribution is 0.407. The van der Waals surface area contributed by atoms with Gasteiger partial charge >= 0.3 is 0 Å². The van der Waals surface area contributed by atoms with Crippen molar-refractivity contribution in [3.63, 3.8) is 0 Å². The number of hydrogen-bond donors (Lipinski definition) is 2. The minimum atomic E-state index is -0.0328. The molecular formula is C13H21BrN2.